The zero-order valence-corrected chi connectivity index (χ0v) is 10.4. The van der Waals surface area contributed by atoms with Crippen LogP contribution in [0.2, 0.25) is 0 Å². The highest BCUT2D eigenvalue weighted by Crippen LogP contribution is 2.30. The molecule has 1 aromatic heterocycles. The summed E-state index contributed by atoms with van der Waals surface area (Å²) >= 11 is 0. The molecule has 1 aromatic carbocycles. The van der Waals surface area contributed by atoms with Crippen molar-refractivity contribution in [2.45, 2.75) is 13.0 Å². The van der Waals surface area contributed by atoms with Crippen molar-refractivity contribution in [1.82, 2.24) is 4.98 Å². The summed E-state index contributed by atoms with van der Waals surface area (Å²) in [5.41, 5.74) is 8.70. The van der Waals surface area contributed by atoms with E-state index in [0.29, 0.717) is 11.3 Å². The average molecular weight is 246 g/mol. The Labute approximate surface area is 105 Å². The molecule has 0 aliphatic carbocycles. The van der Waals surface area contributed by atoms with Gasteiger partial charge in [-0.1, -0.05) is 0 Å². The van der Waals surface area contributed by atoms with E-state index in [-0.39, 0.29) is 5.82 Å². The van der Waals surface area contributed by atoms with Gasteiger partial charge in [-0.3, -0.25) is 4.98 Å². The second-order valence-corrected chi connectivity index (χ2v) is 4.10. The summed E-state index contributed by atoms with van der Waals surface area (Å²) in [6.45, 7) is 1.92. The Bertz CT molecular complexity index is 557. The van der Waals surface area contributed by atoms with Crippen LogP contribution >= 0.6 is 0 Å². The first-order valence-electron chi connectivity index (χ1n) is 5.63. The average Bonchev–Trinajstić information content (AvgIpc) is 2.38. The minimum atomic E-state index is -0.432. The van der Waals surface area contributed by atoms with Gasteiger partial charge in [-0.05, 0) is 42.3 Å². The van der Waals surface area contributed by atoms with Crippen LogP contribution in [-0.2, 0) is 0 Å². The van der Waals surface area contributed by atoms with Gasteiger partial charge in [0.05, 0.1) is 13.2 Å². The van der Waals surface area contributed by atoms with Gasteiger partial charge in [-0.15, -0.1) is 0 Å². The predicted molar refractivity (Wildman–Crippen MR) is 68.0 cm³/mol. The fourth-order valence-electron chi connectivity index (χ4n) is 1.95. The molecule has 1 unspecified atom stereocenters. The van der Waals surface area contributed by atoms with E-state index >= 15 is 0 Å². The fourth-order valence-corrected chi connectivity index (χ4v) is 1.95. The Morgan fingerprint density at radius 2 is 2.06 bits per heavy atom. The van der Waals surface area contributed by atoms with Crippen LogP contribution in [0.4, 0.5) is 4.39 Å². The summed E-state index contributed by atoms with van der Waals surface area (Å²) < 4.78 is 18.6. The van der Waals surface area contributed by atoms with Crippen molar-refractivity contribution in [3.8, 4) is 5.75 Å². The molecule has 0 saturated carbocycles. The van der Waals surface area contributed by atoms with Crippen LogP contribution in [0.15, 0.2) is 36.7 Å². The van der Waals surface area contributed by atoms with E-state index in [0.717, 1.165) is 11.1 Å². The minimum absolute atomic E-state index is 0.326. The highest BCUT2D eigenvalue weighted by molar-refractivity contribution is 5.43. The van der Waals surface area contributed by atoms with E-state index < -0.39 is 6.04 Å². The Morgan fingerprint density at radius 3 is 2.72 bits per heavy atom. The van der Waals surface area contributed by atoms with Gasteiger partial charge in [-0.25, -0.2) is 4.39 Å². The fraction of sp³-hybridized carbons (Fsp3) is 0.214. The third-order valence-electron chi connectivity index (χ3n) is 2.93. The van der Waals surface area contributed by atoms with E-state index in [2.05, 4.69) is 4.98 Å². The van der Waals surface area contributed by atoms with Crippen molar-refractivity contribution in [2.24, 2.45) is 5.73 Å². The van der Waals surface area contributed by atoms with E-state index in [4.69, 9.17) is 10.5 Å². The molecule has 0 saturated heterocycles. The Balaban J connectivity index is 2.48. The molecule has 18 heavy (non-hydrogen) atoms. The molecular formula is C14H15FN2O. The van der Waals surface area contributed by atoms with Crippen molar-refractivity contribution in [1.29, 1.82) is 0 Å². The first kappa shape index (κ1) is 12.5. The summed E-state index contributed by atoms with van der Waals surface area (Å²) in [7, 11) is 1.54. The maximum atomic E-state index is 13.3. The van der Waals surface area contributed by atoms with E-state index in [9.17, 15) is 4.39 Å². The Morgan fingerprint density at radius 1 is 1.28 bits per heavy atom. The molecule has 0 spiro atoms. The molecule has 2 aromatic rings. The quantitative estimate of drug-likeness (QED) is 0.905. The maximum Gasteiger partial charge on any atom is 0.124 e. The predicted octanol–water partition coefficient (Wildman–Crippen LogP) is 2.59. The van der Waals surface area contributed by atoms with Crippen molar-refractivity contribution in [2.75, 3.05) is 7.11 Å². The number of benzene rings is 1. The number of methoxy groups -OCH3 is 1. The van der Waals surface area contributed by atoms with Crippen LogP contribution in [0.25, 0.3) is 0 Å². The summed E-state index contributed by atoms with van der Waals surface area (Å²) in [6.07, 6.45) is 3.41. The van der Waals surface area contributed by atoms with Crippen LogP contribution < -0.4 is 10.5 Å². The summed E-state index contributed by atoms with van der Waals surface area (Å²) in [5.74, 6) is 0.257. The van der Waals surface area contributed by atoms with E-state index in [1.165, 1.54) is 12.1 Å². The molecule has 94 valence electrons. The SMILES string of the molecule is COc1ccc(F)cc1C(N)c1ccncc1C. The molecule has 0 amide bonds. The topological polar surface area (TPSA) is 48.1 Å². The molecule has 1 atom stereocenters. The number of nitrogens with two attached hydrogens (primary N) is 1. The van der Waals surface area contributed by atoms with Crippen LogP contribution in [-0.4, -0.2) is 12.1 Å². The number of halogens is 1. The van der Waals surface area contributed by atoms with Crippen molar-refractivity contribution < 1.29 is 9.13 Å². The molecule has 0 aliphatic heterocycles. The van der Waals surface area contributed by atoms with E-state index in [1.54, 1.807) is 25.6 Å². The summed E-state index contributed by atoms with van der Waals surface area (Å²) in [5, 5.41) is 0. The maximum absolute atomic E-state index is 13.3. The summed E-state index contributed by atoms with van der Waals surface area (Å²) in [4.78, 5) is 4.02. The van der Waals surface area contributed by atoms with Crippen molar-refractivity contribution in [3.05, 3.63) is 59.2 Å². The number of hydrogen-bond acceptors (Lipinski definition) is 3. The second kappa shape index (κ2) is 5.14. The number of pyridine rings is 1. The normalized spacial score (nSPS) is 12.2. The first-order chi connectivity index (χ1) is 8.63. The lowest BCUT2D eigenvalue weighted by Crippen LogP contribution is -2.14. The van der Waals surface area contributed by atoms with Crippen LogP contribution in [0.5, 0.6) is 5.75 Å². The lowest BCUT2D eigenvalue weighted by molar-refractivity contribution is 0.406. The standard InChI is InChI=1S/C14H15FN2O/c1-9-8-17-6-5-11(9)14(16)12-7-10(15)3-4-13(12)18-2/h3-8,14H,16H2,1-2H3. The first-order valence-corrected chi connectivity index (χ1v) is 5.63. The van der Waals surface area contributed by atoms with Gasteiger partial charge in [0.1, 0.15) is 11.6 Å². The van der Waals surface area contributed by atoms with Gasteiger partial charge < -0.3 is 10.5 Å². The number of nitrogens with zero attached hydrogens (tertiary/aromatic N) is 1. The van der Waals surface area contributed by atoms with Crippen LogP contribution in [0, 0.1) is 12.7 Å². The highest BCUT2D eigenvalue weighted by atomic mass is 19.1. The molecule has 4 heteroatoms. The Kier molecular flexibility index (Phi) is 3.58. The zero-order chi connectivity index (χ0) is 13.1. The molecule has 2 rings (SSSR count). The minimum Gasteiger partial charge on any atom is -0.496 e. The third-order valence-corrected chi connectivity index (χ3v) is 2.93. The third kappa shape index (κ3) is 2.33. The van der Waals surface area contributed by atoms with Gasteiger partial charge in [0.2, 0.25) is 0 Å². The number of hydrogen-bond donors (Lipinski definition) is 1. The van der Waals surface area contributed by atoms with Gasteiger partial charge in [0, 0.05) is 18.0 Å². The zero-order valence-electron chi connectivity index (χ0n) is 10.4. The number of aryl methyl sites for hydroxylation is 1. The molecule has 3 nitrogen and oxygen atoms in total. The molecular weight excluding hydrogens is 231 g/mol. The largest absolute Gasteiger partial charge is 0.496 e. The number of rotatable bonds is 3. The van der Waals surface area contributed by atoms with E-state index in [1.807, 2.05) is 13.0 Å². The molecule has 0 aliphatic rings. The smallest absolute Gasteiger partial charge is 0.124 e. The molecule has 0 fully saturated rings. The van der Waals surface area contributed by atoms with Gasteiger partial charge in [-0.2, -0.15) is 0 Å². The molecule has 1 heterocycles. The lowest BCUT2D eigenvalue weighted by atomic mass is 9.96. The number of ether oxygens (including phenoxy) is 1. The summed E-state index contributed by atoms with van der Waals surface area (Å²) in [6, 6.07) is 5.75. The Hall–Kier alpha value is -1.94. The monoisotopic (exact) mass is 246 g/mol. The molecule has 0 radical (unpaired) electrons. The van der Waals surface area contributed by atoms with Gasteiger partial charge in [0.25, 0.3) is 0 Å². The lowest BCUT2D eigenvalue weighted by Gasteiger charge is -2.17. The second-order valence-electron chi connectivity index (χ2n) is 4.10. The van der Waals surface area contributed by atoms with Gasteiger partial charge >= 0.3 is 0 Å². The molecule has 2 N–H and O–H groups in total. The highest BCUT2D eigenvalue weighted by Gasteiger charge is 2.16. The number of aromatic nitrogens is 1. The van der Waals surface area contributed by atoms with Crippen molar-refractivity contribution >= 4 is 0 Å². The van der Waals surface area contributed by atoms with Crippen molar-refractivity contribution in [3.63, 3.8) is 0 Å². The van der Waals surface area contributed by atoms with Gasteiger partial charge in [0.15, 0.2) is 0 Å². The van der Waals surface area contributed by atoms with Crippen LogP contribution in [0.3, 0.4) is 0 Å². The van der Waals surface area contributed by atoms with Crippen LogP contribution in [0.1, 0.15) is 22.7 Å². The molecule has 0 bridgehead atoms.